The van der Waals surface area contributed by atoms with E-state index >= 15 is 0 Å². The Balaban J connectivity index is 2.21. The summed E-state index contributed by atoms with van der Waals surface area (Å²) in [4.78, 5) is 14.8. The number of rotatable bonds is 5. The van der Waals surface area contributed by atoms with Crippen LogP contribution >= 0.6 is 0 Å². The van der Waals surface area contributed by atoms with E-state index in [2.05, 4.69) is 25.1 Å². The van der Waals surface area contributed by atoms with E-state index in [-0.39, 0.29) is 17.9 Å². The first-order valence-corrected chi connectivity index (χ1v) is 8.41. The number of aliphatic hydroxyl groups excluding tert-OH is 1. The van der Waals surface area contributed by atoms with Crippen LogP contribution in [0.15, 0.2) is 16.2 Å². The highest BCUT2D eigenvalue weighted by Gasteiger charge is 2.37. The molecule has 0 unspecified atom stereocenters. The summed E-state index contributed by atoms with van der Waals surface area (Å²) in [5, 5.41) is 13.9. The number of carbonyl (C=O) groups excluding carboxylic acids is 1. The standard InChI is InChI=1S/C18H28N2O3/c1-5-15-16(14(4)23-19-15)17(22)20-10-6-8-18(11-20,12-21)9-7-13(2)3/h7,21H,5-6,8-12H2,1-4H3/t18-/m0/s1. The minimum absolute atomic E-state index is 0.0182. The van der Waals surface area contributed by atoms with Gasteiger partial charge in [-0.1, -0.05) is 23.7 Å². The monoisotopic (exact) mass is 320 g/mol. The number of hydrogen-bond donors (Lipinski definition) is 1. The van der Waals surface area contributed by atoms with Gasteiger partial charge in [0.1, 0.15) is 11.3 Å². The quantitative estimate of drug-likeness (QED) is 0.847. The highest BCUT2D eigenvalue weighted by Crippen LogP contribution is 2.35. The van der Waals surface area contributed by atoms with E-state index < -0.39 is 0 Å². The van der Waals surface area contributed by atoms with E-state index in [1.54, 1.807) is 6.92 Å². The number of hydrogen-bond acceptors (Lipinski definition) is 4. The largest absolute Gasteiger partial charge is 0.396 e. The van der Waals surface area contributed by atoms with Crippen molar-refractivity contribution in [2.45, 2.75) is 53.4 Å². The molecule has 0 radical (unpaired) electrons. The van der Waals surface area contributed by atoms with E-state index in [0.29, 0.717) is 24.3 Å². The molecule has 1 aromatic heterocycles. The van der Waals surface area contributed by atoms with Crippen molar-refractivity contribution in [1.82, 2.24) is 10.1 Å². The molecule has 1 aromatic rings. The van der Waals surface area contributed by atoms with Crippen LogP contribution in [0.3, 0.4) is 0 Å². The van der Waals surface area contributed by atoms with Crippen molar-refractivity contribution in [3.63, 3.8) is 0 Å². The van der Waals surface area contributed by atoms with E-state index in [9.17, 15) is 9.90 Å². The Morgan fingerprint density at radius 3 is 2.83 bits per heavy atom. The molecule has 5 nitrogen and oxygen atoms in total. The van der Waals surface area contributed by atoms with Gasteiger partial charge in [-0.15, -0.1) is 0 Å². The molecular weight excluding hydrogens is 292 g/mol. The van der Waals surface area contributed by atoms with E-state index in [0.717, 1.165) is 31.5 Å². The second-order valence-electron chi connectivity index (χ2n) is 6.89. The summed E-state index contributed by atoms with van der Waals surface area (Å²) in [6, 6.07) is 0. The molecule has 1 aliphatic rings. The second-order valence-corrected chi connectivity index (χ2v) is 6.89. The zero-order valence-corrected chi connectivity index (χ0v) is 14.7. The fraction of sp³-hybridized carbons (Fsp3) is 0.667. The number of amides is 1. The van der Waals surface area contributed by atoms with Crippen LogP contribution < -0.4 is 0 Å². The Morgan fingerprint density at radius 2 is 2.22 bits per heavy atom. The van der Waals surface area contributed by atoms with Gasteiger partial charge < -0.3 is 14.5 Å². The van der Waals surface area contributed by atoms with Crippen molar-refractivity contribution in [1.29, 1.82) is 0 Å². The number of aliphatic hydroxyl groups is 1. The van der Waals surface area contributed by atoms with Crippen LogP contribution in [0.2, 0.25) is 0 Å². The van der Waals surface area contributed by atoms with E-state index in [4.69, 9.17) is 4.52 Å². The molecule has 0 bridgehead atoms. The summed E-state index contributed by atoms with van der Waals surface area (Å²) in [6.45, 7) is 9.28. The maximum atomic E-state index is 12.9. The molecule has 1 atom stereocenters. The fourth-order valence-electron chi connectivity index (χ4n) is 3.25. The normalized spacial score (nSPS) is 21.3. The Morgan fingerprint density at radius 1 is 1.48 bits per heavy atom. The smallest absolute Gasteiger partial charge is 0.259 e. The van der Waals surface area contributed by atoms with Gasteiger partial charge in [-0.2, -0.15) is 0 Å². The van der Waals surface area contributed by atoms with Gasteiger partial charge in [-0.3, -0.25) is 4.79 Å². The van der Waals surface area contributed by atoms with Gasteiger partial charge >= 0.3 is 0 Å². The molecule has 1 N–H and O–H groups in total. The summed E-state index contributed by atoms with van der Waals surface area (Å²) in [5.74, 6) is 0.562. The molecule has 0 spiro atoms. The third-order valence-electron chi connectivity index (χ3n) is 4.71. The van der Waals surface area contributed by atoms with Crippen molar-refractivity contribution in [3.8, 4) is 0 Å². The third kappa shape index (κ3) is 3.83. The summed E-state index contributed by atoms with van der Waals surface area (Å²) in [5.41, 5.74) is 2.33. The number of aromatic nitrogens is 1. The number of aryl methyl sites for hydroxylation is 2. The van der Waals surface area contributed by atoms with Gasteiger partial charge in [-0.05, 0) is 46.5 Å². The molecule has 0 aliphatic carbocycles. The first-order valence-electron chi connectivity index (χ1n) is 8.41. The van der Waals surface area contributed by atoms with Crippen LogP contribution in [0, 0.1) is 12.3 Å². The highest BCUT2D eigenvalue weighted by atomic mass is 16.5. The molecule has 23 heavy (non-hydrogen) atoms. The SMILES string of the molecule is CCc1noc(C)c1C(=O)N1CCC[C@](CO)(CC=C(C)C)C1. The molecule has 0 saturated carbocycles. The Hall–Kier alpha value is -1.62. The number of nitrogens with zero attached hydrogens (tertiary/aromatic N) is 2. The number of likely N-dealkylation sites (tertiary alicyclic amines) is 1. The van der Waals surface area contributed by atoms with Crippen LogP contribution in [0.1, 0.15) is 61.8 Å². The van der Waals surface area contributed by atoms with E-state index in [1.807, 2.05) is 11.8 Å². The van der Waals surface area contributed by atoms with Gasteiger partial charge in [0.25, 0.3) is 5.91 Å². The fourth-order valence-corrected chi connectivity index (χ4v) is 3.25. The Labute approximate surface area is 138 Å². The lowest BCUT2D eigenvalue weighted by atomic mass is 9.77. The topological polar surface area (TPSA) is 66.6 Å². The van der Waals surface area contributed by atoms with Gasteiger partial charge in [0.05, 0.1) is 12.3 Å². The molecule has 5 heteroatoms. The molecule has 1 saturated heterocycles. The number of allylic oxidation sites excluding steroid dienone is 2. The van der Waals surface area contributed by atoms with Gasteiger partial charge in [0.2, 0.25) is 0 Å². The average molecular weight is 320 g/mol. The first-order chi connectivity index (χ1) is 10.9. The summed E-state index contributed by atoms with van der Waals surface area (Å²) in [6.07, 6.45) is 5.50. The molecule has 2 rings (SSSR count). The summed E-state index contributed by atoms with van der Waals surface area (Å²) < 4.78 is 5.20. The van der Waals surface area contributed by atoms with Gasteiger partial charge in [-0.25, -0.2) is 0 Å². The average Bonchev–Trinajstić information content (AvgIpc) is 2.93. The molecule has 1 amide bonds. The van der Waals surface area contributed by atoms with Crippen molar-refractivity contribution in [3.05, 3.63) is 28.7 Å². The maximum absolute atomic E-state index is 12.9. The van der Waals surface area contributed by atoms with Crippen molar-refractivity contribution < 1.29 is 14.4 Å². The lowest BCUT2D eigenvalue weighted by molar-refractivity contribution is 0.0282. The zero-order valence-electron chi connectivity index (χ0n) is 14.7. The van der Waals surface area contributed by atoms with Crippen molar-refractivity contribution >= 4 is 5.91 Å². The third-order valence-corrected chi connectivity index (χ3v) is 4.71. The van der Waals surface area contributed by atoms with Gasteiger partial charge in [0.15, 0.2) is 0 Å². The molecule has 128 valence electrons. The van der Waals surface area contributed by atoms with Crippen LogP contribution in [0.25, 0.3) is 0 Å². The van der Waals surface area contributed by atoms with Crippen molar-refractivity contribution in [2.75, 3.05) is 19.7 Å². The van der Waals surface area contributed by atoms with Gasteiger partial charge in [0, 0.05) is 18.5 Å². The molecular formula is C18H28N2O3. The second kappa shape index (κ2) is 7.30. The first kappa shape index (κ1) is 17.7. The molecule has 1 aliphatic heterocycles. The maximum Gasteiger partial charge on any atom is 0.259 e. The predicted molar refractivity (Wildman–Crippen MR) is 89.3 cm³/mol. The molecule has 2 heterocycles. The Bertz CT molecular complexity index is 587. The summed E-state index contributed by atoms with van der Waals surface area (Å²) >= 11 is 0. The lowest BCUT2D eigenvalue weighted by Gasteiger charge is -2.41. The lowest BCUT2D eigenvalue weighted by Crippen LogP contribution is -2.48. The van der Waals surface area contributed by atoms with Crippen LogP contribution in [-0.2, 0) is 6.42 Å². The van der Waals surface area contributed by atoms with Crippen molar-refractivity contribution in [2.24, 2.45) is 5.41 Å². The minimum Gasteiger partial charge on any atom is -0.396 e. The minimum atomic E-state index is -0.234. The predicted octanol–water partition coefficient (Wildman–Crippen LogP) is 3.12. The highest BCUT2D eigenvalue weighted by molar-refractivity contribution is 5.96. The van der Waals surface area contributed by atoms with E-state index in [1.165, 1.54) is 5.57 Å². The van der Waals surface area contributed by atoms with Crippen LogP contribution in [0.4, 0.5) is 0 Å². The molecule has 1 fully saturated rings. The number of piperidine rings is 1. The summed E-state index contributed by atoms with van der Waals surface area (Å²) in [7, 11) is 0. The van der Waals surface area contributed by atoms with Crippen LogP contribution in [0.5, 0.6) is 0 Å². The zero-order chi connectivity index (χ0) is 17.0. The number of carbonyl (C=O) groups is 1. The van der Waals surface area contributed by atoms with Crippen LogP contribution in [-0.4, -0.2) is 40.8 Å². The molecule has 0 aromatic carbocycles. The Kier molecular flexibility index (Phi) is 5.63.